The van der Waals surface area contributed by atoms with E-state index in [1.807, 2.05) is 12.1 Å². The zero-order chi connectivity index (χ0) is 6.97. The van der Waals surface area contributed by atoms with Crippen LogP contribution in [-0.2, 0) is 0 Å². The molecule has 0 unspecified atom stereocenters. The first-order chi connectivity index (χ1) is 4.88. The molecule has 1 heterocycles. The van der Waals surface area contributed by atoms with Crippen LogP contribution < -0.4 is 0 Å². The van der Waals surface area contributed by atoms with Crippen molar-refractivity contribution in [2.24, 2.45) is 0 Å². The van der Waals surface area contributed by atoms with Crippen LogP contribution >= 0.6 is 0 Å². The standard InChI is InChI=1S/C6H5N3O.Ca/c10-9-6-4-2-1-3-5(6)7-8-9;/h1-4,10H;. The van der Waals surface area contributed by atoms with E-state index in [1.165, 1.54) is 0 Å². The maximum absolute atomic E-state index is 8.95. The molecule has 1 aromatic heterocycles. The van der Waals surface area contributed by atoms with Gasteiger partial charge in [-0.3, -0.25) is 0 Å². The number of rotatable bonds is 0. The Bertz CT molecular complexity index is 359. The van der Waals surface area contributed by atoms with Gasteiger partial charge in [-0.05, 0) is 17.3 Å². The average Bonchev–Trinajstić information content (AvgIpc) is 2.34. The molecule has 0 aliphatic carbocycles. The van der Waals surface area contributed by atoms with Crippen molar-refractivity contribution in [1.82, 2.24) is 15.2 Å². The van der Waals surface area contributed by atoms with Crippen LogP contribution in [0.15, 0.2) is 24.3 Å². The van der Waals surface area contributed by atoms with Crippen molar-refractivity contribution < 1.29 is 5.21 Å². The van der Waals surface area contributed by atoms with Gasteiger partial charge >= 0.3 is 0 Å². The maximum Gasteiger partial charge on any atom is 0.130 e. The number of para-hydroxylation sites is 1. The second-order valence-electron chi connectivity index (χ2n) is 1.97. The first kappa shape index (κ1) is 8.77. The first-order valence-corrected chi connectivity index (χ1v) is 2.87. The summed E-state index contributed by atoms with van der Waals surface area (Å²) in [5, 5.41) is 16.1. The second-order valence-corrected chi connectivity index (χ2v) is 1.97. The fraction of sp³-hybridized carbons (Fsp3) is 0. The number of benzene rings is 1. The summed E-state index contributed by atoms with van der Waals surface area (Å²) in [5.41, 5.74) is 1.33. The maximum atomic E-state index is 8.95. The number of nitrogens with zero attached hydrogens (tertiary/aromatic N) is 3. The number of hydrogen-bond acceptors (Lipinski definition) is 3. The molecule has 4 nitrogen and oxygen atoms in total. The summed E-state index contributed by atoms with van der Waals surface area (Å²) in [6, 6.07) is 7.19. The van der Waals surface area contributed by atoms with Gasteiger partial charge in [-0.1, -0.05) is 17.0 Å². The van der Waals surface area contributed by atoms with E-state index in [1.54, 1.807) is 12.1 Å². The fourth-order valence-corrected chi connectivity index (χ4v) is 0.857. The molecule has 0 aliphatic heterocycles. The topological polar surface area (TPSA) is 50.9 Å². The fourth-order valence-electron chi connectivity index (χ4n) is 0.857. The molecule has 0 saturated carbocycles. The van der Waals surface area contributed by atoms with Crippen LogP contribution in [0.2, 0.25) is 0 Å². The van der Waals surface area contributed by atoms with Crippen molar-refractivity contribution in [2.45, 2.75) is 0 Å². The minimum absolute atomic E-state index is 0. The van der Waals surface area contributed by atoms with Gasteiger partial charge in [0.25, 0.3) is 0 Å². The normalized spacial score (nSPS) is 9.45. The van der Waals surface area contributed by atoms with Crippen molar-refractivity contribution >= 4 is 48.8 Å². The van der Waals surface area contributed by atoms with E-state index in [2.05, 4.69) is 10.3 Å². The van der Waals surface area contributed by atoms with Gasteiger partial charge in [-0.15, -0.1) is 5.10 Å². The molecule has 5 heteroatoms. The summed E-state index contributed by atoms with van der Waals surface area (Å²) in [7, 11) is 0. The molecule has 0 fully saturated rings. The van der Waals surface area contributed by atoms with Gasteiger partial charge in [0.05, 0.1) is 0 Å². The van der Waals surface area contributed by atoms with Crippen molar-refractivity contribution in [3.63, 3.8) is 0 Å². The molecular formula is C6H5CaN3O. The molecule has 0 atom stereocenters. The van der Waals surface area contributed by atoms with Gasteiger partial charge in [0.1, 0.15) is 11.0 Å². The number of aromatic nitrogens is 3. The van der Waals surface area contributed by atoms with Gasteiger partial charge in [0.2, 0.25) is 0 Å². The van der Waals surface area contributed by atoms with Crippen LogP contribution in [0.4, 0.5) is 0 Å². The second kappa shape index (κ2) is 3.38. The molecule has 1 aromatic carbocycles. The summed E-state index contributed by atoms with van der Waals surface area (Å²) < 4.78 is 0. The smallest absolute Gasteiger partial charge is 0.130 e. The summed E-state index contributed by atoms with van der Waals surface area (Å²) in [5.74, 6) is 0. The third kappa shape index (κ3) is 1.47. The summed E-state index contributed by atoms with van der Waals surface area (Å²) >= 11 is 0. The quantitative estimate of drug-likeness (QED) is 0.462. The Labute approximate surface area is 92.8 Å². The van der Waals surface area contributed by atoms with Crippen LogP contribution in [0.3, 0.4) is 0 Å². The van der Waals surface area contributed by atoms with Gasteiger partial charge in [-0.2, -0.15) is 0 Å². The number of fused-ring (bicyclic) bond motifs is 1. The molecule has 0 amide bonds. The molecular weight excluding hydrogens is 170 g/mol. The molecule has 11 heavy (non-hydrogen) atoms. The molecule has 1 N–H and O–H groups in total. The van der Waals surface area contributed by atoms with Gasteiger partial charge in [0, 0.05) is 37.7 Å². The van der Waals surface area contributed by atoms with E-state index in [4.69, 9.17) is 5.21 Å². The van der Waals surface area contributed by atoms with Crippen molar-refractivity contribution in [3.05, 3.63) is 24.3 Å². The Balaban J connectivity index is 0.000000605. The minimum atomic E-state index is 0. The van der Waals surface area contributed by atoms with Crippen LogP contribution in [-0.4, -0.2) is 58.1 Å². The van der Waals surface area contributed by atoms with Crippen LogP contribution in [0.5, 0.6) is 0 Å². The summed E-state index contributed by atoms with van der Waals surface area (Å²) in [4.78, 5) is 0.759. The third-order valence-electron chi connectivity index (χ3n) is 1.33. The Kier molecular flexibility index (Phi) is 2.70. The molecule has 0 saturated heterocycles. The number of hydrogen-bond donors (Lipinski definition) is 1. The Hall–Kier alpha value is -0.320. The third-order valence-corrected chi connectivity index (χ3v) is 1.33. The largest absolute Gasteiger partial charge is 0.410 e. The molecule has 0 spiro atoms. The van der Waals surface area contributed by atoms with Crippen molar-refractivity contribution in [1.29, 1.82) is 0 Å². The van der Waals surface area contributed by atoms with Gasteiger partial charge < -0.3 is 5.21 Å². The van der Waals surface area contributed by atoms with E-state index >= 15 is 0 Å². The monoisotopic (exact) mass is 175 g/mol. The Morgan fingerprint density at radius 1 is 1.27 bits per heavy atom. The van der Waals surface area contributed by atoms with Crippen molar-refractivity contribution in [3.8, 4) is 0 Å². The Morgan fingerprint density at radius 2 is 2.00 bits per heavy atom. The molecule has 2 rings (SSSR count). The minimum Gasteiger partial charge on any atom is -0.410 e. The predicted octanol–water partition coefficient (Wildman–Crippen LogP) is 0.288. The molecule has 52 valence electrons. The SMILES string of the molecule is On1nnc2ccccc21.[Ca]. The van der Waals surface area contributed by atoms with Gasteiger partial charge in [-0.25, -0.2) is 0 Å². The van der Waals surface area contributed by atoms with Crippen LogP contribution in [0.25, 0.3) is 11.0 Å². The van der Waals surface area contributed by atoms with Crippen LogP contribution in [0, 0.1) is 0 Å². The van der Waals surface area contributed by atoms with E-state index in [-0.39, 0.29) is 37.7 Å². The summed E-state index contributed by atoms with van der Waals surface area (Å²) in [6.45, 7) is 0. The van der Waals surface area contributed by atoms with Crippen molar-refractivity contribution in [2.75, 3.05) is 0 Å². The predicted molar refractivity (Wildman–Crippen MR) is 40.5 cm³/mol. The molecule has 0 aliphatic rings. The molecule has 0 bridgehead atoms. The van der Waals surface area contributed by atoms with Gasteiger partial charge in [0.15, 0.2) is 0 Å². The molecule has 2 aromatic rings. The Morgan fingerprint density at radius 3 is 2.73 bits per heavy atom. The zero-order valence-electron chi connectivity index (χ0n) is 5.81. The summed E-state index contributed by atoms with van der Waals surface area (Å²) in [6.07, 6.45) is 0. The van der Waals surface area contributed by atoms with E-state index < -0.39 is 0 Å². The van der Waals surface area contributed by atoms with E-state index in [9.17, 15) is 0 Å². The van der Waals surface area contributed by atoms with E-state index in [0.717, 1.165) is 4.85 Å². The van der Waals surface area contributed by atoms with E-state index in [0.29, 0.717) is 11.0 Å². The average molecular weight is 175 g/mol. The first-order valence-electron chi connectivity index (χ1n) is 2.87. The zero-order valence-corrected chi connectivity index (χ0v) is 8.01. The van der Waals surface area contributed by atoms with Crippen LogP contribution in [0.1, 0.15) is 0 Å². The molecule has 2 radical (unpaired) electrons.